The van der Waals surface area contributed by atoms with Gasteiger partial charge in [-0.2, -0.15) is 0 Å². The number of aryl methyl sites for hydroxylation is 1. The van der Waals surface area contributed by atoms with E-state index in [0.29, 0.717) is 0 Å². The fourth-order valence-corrected chi connectivity index (χ4v) is 0.585. The van der Waals surface area contributed by atoms with Crippen molar-refractivity contribution in [2.75, 3.05) is 0 Å². The highest BCUT2D eigenvalue weighted by Crippen LogP contribution is 1.45. The van der Waals surface area contributed by atoms with E-state index >= 15 is 0 Å². The van der Waals surface area contributed by atoms with Crippen LogP contribution < -0.4 is 15.1 Å². The minimum absolute atomic E-state index is 0.883. The average molecular weight is 121 g/mol. The van der Waals surface area contributed by atoms with Gasteiger partial charge in [-0.15, -0.1) is 0 Å². The summed E-state index contributed by atoms with van der Waals surface area (Å²) in [5.74, 6) is 0. The summed E-state index contributed by atoms with van der Waals surface area (Å²) in [6, 6.07) is 0. The van der Waals surface area contributed by atoms with E-state index in [0.717, 1.165) is 10.4 Å². The minimum Gasteiger partial charge on any atom is -0.0934 e. The zero-order valence-corrected chi connectivity index (χ0v) is 5.46. The second kappa shape index (κ2) is 1.97. The third kappa shape index (κ3) is 1.13. The van der Waals surface area contributed by atoms with Crippen molar-refractivity contribution in [3.63, 3.8) is 0 Å². The van der Waals surface area contributed by atoms with Crippen LogP contribution >= 0.6 is 0 Å². The topological polar surface area (TPSA) is 16.8 Å². The Kier molecular flexibility index (Phi) is 1.30. The SMILES string of the molecule is C=c1cn[n+](C)cc1=C. The molecule has 0 radical (unpaired) electrons. The Balaban J connectivity index is 3.53. The standard InChI is InChI=1S/C7H9N2/c1-6-4-8-9(3)5-7(6)2/h4-5H,1-2H2,3H3/q+1. The van der Waals surface area contributed by atoms with E-state index < -0.39 is 0 Å². The van der Waals surface area contributed by atoms with Crippen molar-refractivity contribution in [2.24, 2.45) is 7.05 Å². The number of hydrogen-bond acceptors (Lipinski definition) is 1. The van der Waals surface area contributed by atoms with Gasteiger partial charge in [-0.25, -0.2) is 0 Å². The number of hydrogen-bond donors (Lipinski definition) is 0. The molecule has 0 aliphatic rings. The molecule has 0 unspecified atom stereocenters. The first kappa shape index (κ1) is 5.95. The molecule has 0 saturated carbocycles. The van der Waals surface area contributed by atoms with Gasteiger partial charge in [0.25, 0.3) is 0 Å². The molecule has 0 bridgehead atoms. The van der Waals surface area contributed by atoms with Crippen LogP contribution in [0.4, 0.5) is 0 Å². The van der Waals surface area contributed by atoms with E-state index in [4.69, 9.17) is 0 Å². The third-order valence-corrected chi connectivity index (χ3v) is 1.15. The van der Waals surface area contributed by atoms with Gasteiger partial charge in [-0.1, -0.05) is 17.8 Å². The molecule has 0 N–H and O–H groups in total. The third-order valence-electron chi connectivity index (χ3n) is 1.15. The van der Waals surface area contributed by atoms with E-state index in [1.54, 1.807) is 10.9 Å². The molecule has 2 heteroatoms. The Hall–Kier alpha value is -1.18. The molecule has 2 nitrogen and oxygen atoms in total. The molecule has 1 heterocycles. The fourth-order valence-electron chi connectivity index (χ4n) is 0.585. The summed E-state index contributed by atoms with van der Waals surface area (Å²) in [5, 5.41) is 5.76. The van der Waals surface area contributed by atoms with Crippen LogP contribution in [0.15, 0.2) is 12.4 Å². The minimum atomic E-state index is 0.883. The van der Waals surface area contributed by atoms with Crippen molar-refractivity contribution < 1.29 is 4.68 Å². The highest BCUT2D eigenvalue weighted by Gasteiger charge is 1.88. The molecular formula is C7H9N2+. The Morgan fingerprint density at radius 3 is 2.56 bits per heavy atom. The molecule has 0 aromatic carbocycles. The Labute approximate surface area is 53.8 Å². The van der Waals surface area contributed by atoms with Gasteiger partial charge in [0.1, 0.15) is 6.20 Å². The quantitative estimate of drug-likeness (QED) is 0.391. The van der Waals surface area contributed by atoms with Gasteiger partial charge in [0, 0.05) is 10.4 Å². The average Bonchev–Trinajstić information content (AvgIpc) is 1.80. The van der Waals surface area contributed by atoms with Crippen molar-refractivity contribution in [3.05, 3.63) is 22.8 Å². The molecule has 1 aromatic heterocycles. The molecule has 0 spiro atoms. The van der Waals surface area contributed by atoms with Gasteiger partial charge in [-0.05, 0) is 5.10 Å². The van der Waals surface area contributed by atoms with Crippen LogP contribution in [0.25, 0.3) is 13.2 Å². The maximum Gasteiger partial charge on any atom is 0.203 e. The molecule has 0 aliphatic carbocycles. The van der Waals surface area contributed by atoms with E-state index in [2.05, 4.69) is 18.3 Å². The zero-order valence-electron chi connectivity index (χ0n) is 5.46. The fraction of sp³-hybridized carbons (Fsp3) is 0.143. The first-order valence-electron chi connectivity index (χ1n) is 2.70. The highest BCUT2D eigenvalue weighted by atomic mass is 15.2. The second-order valence-corrected chi connectivity index (χ2v) is 2.00. The van der Waals surface area contributed by atoms with Crippen LogP contribution in [0.5, 0.6) is 0 Å². The largest absolute Gasteiger partial charge is 0.203 e. The first-order valence-corrected chi connectivity index (χ1v) is 2.70. The molecule has 1 rings (SSSR count). The van der Waals surface area contributed by atoms with Crippen molar-refractivity contribution in [1.82, 2.24) is 5.10 Å². The molecule has 9 heavy (non-hydrogen) atoms. The van der Waals surface area contributed by atoms with Crippen LogP contribution in [0.3, 0.4) is 0 Å². The normalized spacial score (nSPS) is 9.44. The predicted molar refractivity (Wildman–Crippen MR) is 35.7 cm³/mol. The summed E-state index contributed by atoms with van der Waals surface area (Å²) in [7, 11) is 1.86. The Morgan fingerprint density at radius 1 is 1.44 bits per heavy atom. The molecule has 0 aliphatic heterocycles. The lowest BCUT2D eigenvalue weighted by Gasteiger charge is -1.80. The van der Waals surface area contributed by atoms with E-state index in [1.807, 2.05) is 13.2 Å². The van der Waals surface area contributed by atoms with Crippen molar-refractivity contribution in [2.45, 2.75) is 0 Å². The van der Waals surface area contributed by atoms with Gasteiger partial charge < -0.3 is 0 Å². The predicted octanol–water partition coefficient (Wildman–Crippen LogP) is -1.27. The van der Waals surface area contributed by atoms with Gasteiger partial charge in [0.15, 0.2) is 7.05 Å². The van der Waals surface area contributed by atoms with Gasteiger partial charge in [0.05, 0.1) is 0 Å². The van der Waals surface area contributed by atoms with Crippen LogP contribution in [0.2, 0.25) is 0 Å². The maximum absolute atomic E-state index is 3.95. The van der Waals surface area contributed by atoms with Gasteiger partial charge in [-0.3, -0.25) is 0 Å². The number of rotatable bonds is 0. The van der Waals surface area contributed by atoms with Crippen molar-refractivity contribution in [1.29, 1.82) is 0 Å². The summed E-state index contributed by atoms with van der Waals surface area (Å²) in [6.07, 6.45) is 3.53. The summed E-state index contributed by atoms with van der Waals surface area (Å²) in [5.41, 5.74) is 0. The Morgan fingerprint density at radius 2 is 2.11 bits per heavy atom. The number of nitrogens with zero attached hydrogens (tertiary/aromatic N) is 2. The lowest BCUT2D eigenvalue weighted by molar-refractivity contribution is -0.731. The summed E-state index contributed by atoms with van der Waals surface area (Å²) >= 11 is 0. The van der Waals surface area contributed by atoms with Crippen LogP contribution in [-0.4, -0.2) is 5.10 Å². The summed E-state index contributed by atoms with van der Waals surface area (Å²) in [6.45, 7) is 7.48. The molecular weight excluding hydrogens is 112 g/mol. The molecule has 1 aromatic rings. The molecule has 0 atom stereocenters. The van der Waals surface area contributed by atoms with Gasteiger partial charge in [0.2, 0.25) is 6.20 Å². The van der Waals surface area contributed by atoms with E-state index in [9.17, 15) is 0 Å². The smallest absolute Gasteiger partial charge is 0.0934 e. The molecule has 46 valence electrons. The first-order chi connectivity index (χ1) is 4.20. The van der Waals surface area contributed by atoms with Crippen molar-refractivity contribution >= 4 is 13.2 Å². The summed E-state index contributed by atoms with van der Waals surface area (Å²) < 4.78 is 1.71. The maximum atomic E-state index is 3.95. The van der Waals surface area contributed by atoms with Crippen LogP contribution in [-0.2, 0) is 7.05 Å². The zero-order chi connectivity index (χ0) is 6.85. The molecule has 0 amide bonds. The molecule has 0 saturated heterocycles. The van der Waals surface area contributed by atoms with E-state index in [-0.39, 0.29) is 0 Å². The van der Waals surface area contributed by atoms with Crippen LogP contribution in [0, 0.1) is 0 Å². The van der Waals surface area contributed by atoms with Crippen molar-refractivity contribution in [3.8, 4) is 0 Å². The monoisotopic (exact) mass is 121 g/mol. The van der Waals surface area contributed by atoms with E-state index in [1.165, 1.54) is 0 Å². The van der Waals surface area contributed by atoms with Crippen LogP contribution in [0.1, 0.15) is 0 Å². The Bertz CT molecular complexity index is 303. The lowest BCUT2D eigenvalue weighted by atomic mass is 10.4. The molecule has 0 fully saturated rings. The second-order valence-electron chi connectivity index (χ2n) is 2.00. The lowest BCUT2D eigenvalue weighted by Crippen LogP contribution is -2.41. The summed E-state index contributed by atoms with van der Waals surface area (Å²) in [4.78, 5) is 0. The highest BCUT2D eigenvalue weighted by molar-refractivity contribution is 5.07. The van der Waals surface area contributed by atoms with Gasteiger partial charge >= 0.3 is 0 Å². The number of aromatic nitrogens is 2.